The maximum Gasteiger partial charge on any atom is 0.134 e. The Morgan fingerprint density at radius 2 is 1.71 bits per heavy atom. The van der Waals surface area contributed by atoms with E-state index < -0.39 is 0 Å². The molecule has 1 unspecified atom stereocenters. The Balaban J connectivity index is 1.67. The fourth-order valence-electron chi connectivity index (χ4n) is 2.76. The highest BCUT2D eigenvalue weighted by molar-refractivity contribution is 5.82. The number of hydrogen-bond donors (Lipinski definition) is 1. The van der Waals surface area contributed by atoms with Crippen molar-refractivity contribution in [1.82, 2.24) is 5.32 Å². The highest BCUT2D eigenvalue weighted by Gasteiger charge is 2.11. The molecule has 0 amide bonds. The lowest BCUT2D eigenvalue weighted by molar-refractivity contribution is 0.529. The molecule has 21 heavy (non-hydrogen) atoms. The normalized spacial score (nSPS) is 12.7. The van der Waals surface area contributed by atoms with Crippen molar-refractivity contribution in [3.63, 3.8) is 0 Å². The highest BCUT2D eigenvalue weighted by Crippen LogP contribution is 2.25. The summed E-state index contributed by atoms with van der Waals surface area (Å²) in [5.74, 6) is 1.01. The number of hydrogen-bond acceptors (Lipinski definition) is 2. The molecule has 0 saturated heterocycles. The average molecular weight is 279 g/mol. The van der Waals surface area contributed by atoms with Crippen molar-refractivity contribution < 1.29 is 4.42 Å². The molecule has 2 nitrogen and oxygen atoms in total. The van der Waals surface area contributed by atoms with Crippen molar-refractivity contribution in [2.75, 3.05) is 0 Å². The third-order valence-electron chi connectivity index (χ3n) is 3.91. The fraction of sp³-hybridized carbons (Fsp3) is 0.263. The monoisotopic (exact) mass is 279 g/mol. The molecule has 0 aliphatic rings. The number of aryl methyl sites for hydroxylation is 1. The lowest BCUT2D eigenvalue weighted by Crippen LogP contribution is -2.27. The molecule has 3 aromatic rings. The molecule has 1 heterocycles. The van der Waals surface area contributed by atoms with E-state index in [1.165, 1.54) is 16.5 Å². The second kappa shape index (κ2) is 6.15. The second-order valence-corrected chi connectivity index (χ2v) is 5.60. The van der Waals surface area contributed by atoms with E-state index in [0.29, 0.717) is 6.04 Å². The van der Waals surface area contributed by atoms with Gasteiger partial charge < -0.3 is 9.73 Å². The van der Waals surface area contributed by atoms with Gasteiger partial charge in [0.15, 0.2) is 0 Å². The van der Waals surface area contributed by atoms with Crippen LogP contribution in [0.5, 0.6) is 0 Å². The quantitative estimate of drug-likeness (QED) is 0.746. The molecule has 0 fully saturated rings. The van der Waals surface area contributed by atoms with Gasteiger partial charge in [0.1, 0.15) is 11.3 Å². The Morgan fingerprint density at radius 1 is 1.00 bits per heavy atom. The van der Waals surface area contributed by atoms with Crippen molar-refractivity contribution >= 4 is 11.0 Å². The smallest absolute Gasteiger partial charge is 0.134 e. The van der Waals surface area contributed by atoms with Crippen molar-refractivity contribution in [2.24, 2.45) is 0 Å². The minimum atomic E-state index is 0.431. The maximum atomic E-state index is 5.81. The Labute approximate surface area is 125 Å². The maximum absolute atomic E-state index is 5.81. The van der Waals surface area contributed by atoms with Gasteiger partial charge in [-0.25, -0.2) is 0 Å². The zero-order valence-corrected chi connectivity index (χ0v) is 12.6. The third kappa shape index (κ3) is 3.17. The number of nitrogens with one attached hydrogen (secondary N) is 1. The molecule has 2 heteroatoms. The Hall–Kier alpha value is -2.06. The first-order chi connectivity index (χ1) is 10.2. The number of rotatable bonds is 5. The lowest BCUT2D eigenvalue weighted by atomic mass is 10.1. The van der Waals surface area contributed by atoms with E-state index in [1.54, 1.807) is 0 Å². The third-order valence-corrected chi connectivity index (χ3v) is 3.91. The highest BCUT2D eigenvalue weighted by atomic mass is 16.3. The van der Waals surface area contributed by atoms with Gasteiger partial charge in [0.25, 0.3) is 0 Å². The lowest BCUT2D eigenvalue weighted by Gasteiger charge is -2.13. The topological polar surface area (TPSA) is 25.2 Å². The number of fused-ring (bicyclic) bond motifs is 1. The number of benzene rings is 2. The van der Waals surface area contributed by atoms with Crippen molar-refractivity contribution in [2.45, 2.75) is 32.9 Å². The van der Waals surface area contributed by atoms with Gasteiger partial charge in [0.2, 0.25) is 0 Å². The van der Waals surface area contributed by atoms with E-state index in [9.17, 15) is 0 Å². The van der Waals surface area contributed by atoms with Gasteiger partial charge in [-0.3, -0.25) is 0 Å². The van der Waals surface area contributed by atoms with Crippen LogP contribution in [0, 0.1) is 6.92 Å². The molecule has 0 radical (unpaired) electrons. The molecule has 0 bridgehead atoms. The summed E-state index contributed by atoms with van der Waals surface area (Å²) in [5.41, 5.74) is 3.61. The van der Waals surface area contributed by atoms with Crippen LogP contribution in [0.3, 0.4) is 0 Å². The summed E-state index contributed by atoms with van der Waals surface area (Å²) in [6, 6.07) is 19.3. The van der Waals surface area contributed by atoms with Crippen LogP contribution < -0.4 is 5.32 Å². The standard InChI is InChI=1S/C19H21NO/c1-14(12-16-8-4-3-5-9-16)20-13-18-15(2)21-19-11-7-6-10-17(18)19/h3-11,14,20H,12-13H2,1-2H3. The summed E-state index contributed by atoms with van der Waals surface area (Å²) in [7, 11) is 0. The minimum Gasteiger partial charge on any atom is -0.461 e. The summed E-state index contributed by atoms with van der Waals surface area (Å²) in [5, 5.41) is 4.82. The van der Waals surface area contributed by atoms with Gasteiger partial charge in [-0.1, -0.05) is 48.5 Å². The predicted octanol–water partition coefficient (Wildman–Crippen LogP) is 4.46. The average Bonchev–Trinajstić information content (AvgIpc) is 2.81. The molecule has 108 valence electrons. The van der Waals surface area contributed by atoms with E-state index in [-0.39, 0.29) is 0 Å². The first-order valence-electron chi connectivity index (χ1n) is 7.48. The fourth-order valence-corrected chi connectivity index (χ4v) is 2.76. The zero-order valence-electron chi connectivity index (χ0n) is 12.6. The van der Waals surface area contributed by atoms with Crippen molar-refractivity contribution in [3.05, 3.63) is 71.5 Å². The van der Waals surface area contributed by atoms with Crippen LogP contribution in [0.1, 0.15) is 23.8 Å². The van der Waals surface area contributed by atoms with Gasteiger partial charge in [0.05, 0.1) is 0 Å². The van der Waals surface area contributed by atoms with Gasteiger partial charge >= 0.3 is 0 Å². The van der Waals surface area contributed by atoms with Gasteiger partial charge in [-0.15, -0.1) is 0 Å². The molecular formula is C19H21NO. The Kier molecular flexibility index (Phi) is 4.07. The molecule has 0 aliphatic carbocycles. The number of furan rings is 1. The van der Waals surface area contributed by atoms with Crippen LogP contribution >= 0.6 is 0 Å². The minimum absolute atomic E-state index is 0.431. The first-order valence-corrected chi connectivity index (χ1v) is 7.48. The number of para-hydroxylation sites is 1. The van der Waals surface area contributed by atoms with Gasteiger partial charge in [-0.05, 0) is 31.9 Å². The summed E-state index contributed by atoms with van der Waals surface area (Å²) in [4.78, 5) is 0. The summed E-state index contributed by atoms with van der Waals surface area (Å²) < 4.78 is 5.81. The first kappa shape index (κ1) is 13.9. The van der Waals surface area contributed by atoms with E-state index >= 15 is 0 Å². The summed E-state index contributed by atoms with van der Waals surface area (Å²) >= 11 is 0. The van der Waals surface area contributed by atoms with Crippen LogP contribution in [0.4, 0.5) is 0 Å². The van der Waals surface area contributed by atoms with Gasteiger partial charge in [0, 0.05) is 23.5 Å². The van der Waals surface area contributed by atoms with Crippen LogP contribution in [0.2, 0.25) is 0 Å². The Bertz CT molecular complexity index is 715. The van der Waals surface area contributed by atoms with Crippen LogP contribution in [0.15, 0.2) is 59.0 Å². The molecule has 1 atom stereocenters. The largest absolute Gasteiger partial charge is 0.461 e. The van der Waals surface area contributed by atoms with E-state index in [4.69, 9.17) is 4.42 Å². The molecule has 0 saturated carbocycles. The van der Waals surface area contributed by atoms with Crippen molar-refractivity contribution in [1.29, 1.82) is 0 Å². The zero-order chi connectivity index (χ0) is 14.7. The van der Waals surface area contributed by atoms with Gasteiger partial charge in [-0.2, -0.15) is 0 Å². The molecular weight excluding hydrogens is 258 g/mol. The molecule has 2 aromatic carbocycles. The molecule has 3 rings (SSSR count). The predicted molar refractivity (Wildman–Crippen MR) is 87.4 cm³/mol. The SMILES string of the molecule is Cc1oc2ccccc2c1CNC(C)Cc1ccccc1. The molecule has 0 aliphatic heterocycles. The summed E-state index contributed by atoms with van der Waals surface area (Å²) in [6.45, 7) is 5.11. The summed E-state index contributed by atoms with van der Waals surface area (Å²) in [6.07, 6.45) is 1.04. The van der Waals surface area contributed by atoms with Crippen LogP contribution in [-0.2, 0) is 13.0 Å². The second-order valence-electron chi connectivity index (χ2n) is 5.60. The molecule has 1 aromatic heterocycles. The van der Waals surface area contributed by atoms with E-state index in [2.05, 4.69) is 54.7 Å². The van der Waals surface area contributed by atoms with Crippen molar-refractivity contribution in [3.8, 4) is 0 Å². The molecule has 0 spiro atoms. The van der Waals surface area contributed by atoms with E-state index in [0.717, 1.165) is 24.3 Å². The van der Waals surface area contributed by atoms with Crippen LogP contribution in [-0.4, -0.2) is 6.04 Å². The van der Waals surface area contributed by atoms with Crippen LogP contribution in [0.25, 0.3) is 11.0 Å². The van der Waals surface area contributed by atoms with E-state index in [1.807, 2.05) is 19.1 Å². The molecule has 1 N–H and O–H groups in total. The Morgan fingerprint density at radius 3 is 2.52 bits per heavy atom.